The molecule has 0 bridgehead atoms. The van der Waals surface area contributed by atoms with Crippen molar-refractivity contribution in [3.8, 4) is 0 Å². The van der Waals surface area contributed by atoms with Gasteiger partial charge in [-0.05, 0) is 48.4 Å². The van der Waals surface area contributed by atoms with Crippen molar-refractivity contribution < 1.29 is 9.59 Å². The van der Waals surface area contributed by atoms with Crippen LogP contribution in [0.2, 0.25) is 0 Å². The van der Waals surface area contributed by atoms with Crippen molar-refractivity contribution in [3.05, 3.63) is 65.7 Å². The summed E-state index contributed by atoms with van der Waals surface area (Å²) >= 11 is 1.04. The molecule has 0 unspecified atom stereocenters. The van der Waals surface area contributed by atoms with Crippen LogP contribution in [0.5, 0.6) is 0 Å². The third kappa shape index (κ3) is 4.09. The van der Waals surface area contributed by atoms with Gasteiger partial charge in [-0.2, -0.15) is 0 Å². The second-order valence-corrected chi connectivity index (χ2v) is 7.62. The Morgan fingerprint density at radius 1 is 1.12 bits per heavy atom. The topological polar surface area (TPSA) is 82.1 Å². The average molecular weight is 353 g/mol. The molecule has 2 aromatic rings. The molecule has 2 amide bonds. The Labute approximate surface area is 150 Å². The van der Waals surface area contributed by atoms with Crippen LogP contribution in [0.15, 0.2) is 54.6 Å². The lowest BCUT2D eigenvalue weighted by Crippen LogP contribution is -2.35. The SMILES string of the molecule is C[C@]1(Cc2ccc(NCC(=N)c3ccccc3)cc2)SC(=O)NC1=O. The predicted molar refractivity (Wildman–Crippen MR) is 101 cm³/mol. The molecule has 1 atom stereocenters. The molecule has 1 fully saturated rings. The fraction of sp³-hybridized carbons (Fsp3) is 0.211. The van der Waals surface area contributed by atoms with E-state index in [9.17, 15) is 9.59 Å². The molecule has 0 spiro atoms. The number of hydrogen-bond donors (Lipinski definition) is 3. The first-order valence-corrected chi connectivity index (χ1v) is 8.78. The molecule has 5 nitrogen and oxygen atoms in total. The molecule has 25 heavy (non-hydrogen) atoms. The summed E-state index contributed by atoms with van der Waals surface area (Å²) in [6.45, 7) is 2.22. The van der Waals surface area contributed by atoms with E-state index in [2.05, 4.69) is 10.6 Å². The van der Waals surface area contributed by atoms with Gasteiger partial charge in [0, 0.05) is 5.69 Å². The van der Waals surface area contributed by atoms with Crippen molar-refractivity contribution in [2.24, 2.45) is 0 Å². The van der Waals surface area contributed by atoms with Crippen LogP contribution < -0.4 is 10.6 Å². The maximum absolute atomic E-state index is 11.9. The van der Waals surface area contributed by atoms with E-state index in [0.29, 0.717) is 18.7 Å². The van der Waals surface area contributed by atoms with Crippen LogP contribution in [-0.4, -0.2) is 28.1 Å². The van der Waals surface area contributed by atoms with E-state index < -0.39 is 4.75 Å². The van der Waals surface area contributed by atoms with Gasteiger partial charge >= 0.3 is 0 Å². The Morgan fingerprint density at radius 3 is 2.40 bits per heavy atom. The summed E-state index contributed by atoms with van der Waals surface area (Å²) in [5.74, 6) is -0.235. The van der Waals surface area contributed by atoms with Crippen molar-refractivity contribution >= 4 is 34.3 Å². The van der Waals surface area contributed by atoms with Crippen LogP contribution in [0, 0.1) is 5.41 Å². The number of nitrogens with one attached hydrogen (secondary N) is 3. The molecule has 0 saturated carbocycles. The Hall–Kier alpha value is -2.60. The lowest BCUT2D eigenvalue weighted by atomic mass is 9.99. The third-order valence-electron chi connectivity index (χ3n) is 4.10. The van der Waals surface area contributed by atoms with Crippen LogP contribution in [0.25, 0.3) is 0 Å². The highest BCUT2D eigenvalue weighted by Crippen LogP contribution is 2.34. The first-order chi connectivity index (χ1) is 12.0. The number of anilines is 1. The minimum absolute atomic E-state index is 0.235. The molecule has 3 rings (SSSR count). The second kappa shape index (κ2) is 7.11. The lowest BCUT2D eigenvalue weighted by Gasteiger charge is -2.18. The molecule has 1 heterocycles. The van der Waals surface area contributed by atoms with Gasteiger partial charge < -0.3 is 10.7 Å². The summed E-state index contributed by atoms with van der Waals surface area (Å²) in [7, 11) is 0. The van der Waals surface area contributed by atoms with Crippen LogP contribution >= 0.6 is 11.8 Å². The van der Waals surface area contributed by atoms with E-state index in [1.165, 1.54) is 0 Å². The molecule has 2 aromatic carbocycles. The van der Waals surface area contributed by atoms with Gasteiger partial charge in [0.15, 0.2) is 0 Å². The first kappa shape index (κ1) is 17.2. The molecule has 6 heteroatoms. The van der Waals surface area contributed by atoms with Crippen LogP contribution in [0.1, 0.15) is 18.1 Å². The van der Waals surface area contributed by atoms with E-state index in [0.717, 1.165) is 28.6 Å². The van der Waals surface area contributed by atoms with Crippen molar-refractivity contribution in [2.45, 2.75) is 18.1 Å². The standard InChI is InChI=1S/C19H19N3O2S/c1-19(17(23)22-18(24)25-19)11-13-7-9-15(10-8-13)21-12-16(20)14-5-3-2-4-6-14/h2-10,20-21H,11-12H2,1H3,(H,22,23,24)/t19-/m1/s1. The van der Waals surface area contributed by atoms with Crippen LogP contribution in [-0.2, 0) is 11.2 Å². The third-order valence-corrected chi connectivity index (χ3v) is 5.17. The maximum atomic E-state index is 11.9. The molecule has 0 aliphatic carbocycles. The normalized spacial score (nSPS) is 19.6. The number of rotatable bonds is 6. The summed E-state index contributed by atoms with van der Waals surface area (Å²) < 4.78 is -0.749. The predicted octanol–water partition coefficient (Wildman–Crippen LogP) is 3.45. The fourth-order valence-corrected chi connectivity index (χ4v) is 3.62. The molecular weight excluding hydrogens is 334 g/mol. The smallest absolute Gasteiger partial charge is 0.286 e. The Morgan fingerprint density at radius 2 is 1.80 bits per heavy atom. The molecule has 3 N–H and O–H groups in total. The van der Waals surface area contributed by atoms with Gasteiger partial charge in [-0.15, -0.1) is 0 Å². The summed E-state index contributed by atoms with van der Waals surface area (Å²) in [5.41, 5.74) is 3.32. The van der Waals surface area contributed by atoms with Gasteiger partial charge in [0.1, 0.15) is 4.75 Å². The Bertz CT molecular complexity index is 805. The second-order valence-electron chi connectivity index (χ2n) is 6.15. The number of benzene rings is 2. The fourth-order valence-electron chi connectivity index (χ4n) is 2.68. The van der Waals surface area contributed by atoms with Gasteiger partial charge in [0.05, 0.1) is 12.3 Å². The Balaban J connectivity index is 1.58. The van der Waals surface area contributed by atoms with Gasteiger partial charge in [0.25, 0.3) is 5.24 Å². The summed E-state index contributed by atoms with van der Waals surface area (Å²) in [5, 5.41) is 13.4. The Kier molecular flexibility index (Phi) is 4.90. The van der Waals surface area contributed by atoms with Crippen LogP contribution in [0.4, 0.5) is 10.5 Å². The summed E-state index contributed by atoms with van der Waals surface area (Å²) in [4.78, 5) is 23.3. The number of thioether (sulfide) groups is 1. The zero-order valence-corrected chi connectivity index (χ0v) is 14.7. The summed E-state index contributed by atoms with van der Waals surface area (Å²) in [6.07, 6.45) is 0.495. The summed E-state index contributed by atoms with van der Waals surface area (Å²) in [6, 6.07) is 17.3. The van der Waals surface area contributed by atoms with E-state index in [1.54, 1.807) is 6.92 Å². The minimum atomic E-state index is -0.749. The molecule has 1 aliphatic rings. The number of hydrogen-bond acceptors (Lipinski definition) is 5. The van der Waals surface area contributed by atoms with Gasteiger partial charge in [0.2, 0.25) is 5.91 Å². The highest BCUT2D eigenvalue weighted by atomic mass is 32.2. The highest BCUT2D eigenvalue weighted by molar-refractivity contribution is 8.16. The number of imide groups is 1. The molecule has 1 aliphatic heterocycles. The number of carbonyl (C=O) groups is 2. The van der Waals surface area contributed by atoms with Gasteiger partial charge in [-0.25, -0.2) is 0 Å². The van der Waals surface area contributed by atoms with E-state index in [1.807, 2.05) is 54.6 Å². The molecule has 128 valence electrons. The lowest BCUT2D eigenvalue weighted by molar-refractivity contribution is -0.121. The van der Waals surface area contributed by atoms with Crippen molar-refractivity contribution in [1.29, 1.82) is 5.41 Å². The van der Waals surface area contributed by atoms with Crippen molar-refractivity contribution in [3.63, 3.8) is 0 Å². The quantitative estimate of drug-likeness (QED) is 0.695. The van der Waals surface area contributed by atoms with E-state index >= 15 is 0 Å². The molecule has 1 saturated heterocycles. The molecule has 0 aromatic heterocycles. The zero-order valence-electron chi connectivity index (χ0n) is 13.8. The highest BCUT2D eigenvalue weighted by Gasteiger charge is 2.43. The van der Waals surface area contributed by atoms with Crippen LogP contribution in [0.3, 0.4) is 0 Å². The first-order valence-electron chi connectivity index (χ1n) is 7.96. The van der Waals surface area contributed by atoms with Gasteiger partial charge in [-0.1, -0.05) is 42.5 Å². The van der Waals surface area contributed by atoms with Crippen molar-refractivity contribution in [1.82, 2.24) is 5.32 Å². The van der Waals surface area contributed by atoms with Gasteiger partial charge in [-0.3, -0.25) is 14.9 Å². The average Bonchev–Trinajstić information content (AvgIpc) is 2.86. The minimum Gasteiger partial charge on any atom is -0.379 e. The number of amides is 2. The molecular formula is C19H19N3O2S. The molecule has 0 radical (unpaired) electrons. The van der Waals surface area contributed by atoms with E-state index in [-0.39, 0.29) is 11.1 Å². The van der Waals surface area contributed by atoms with E-state index in [4.69, 9.17) is 5.41 Å². The maximum Gasteiger partial charge on any atom is 0.286 e. The van der Waals surface area contributed by atoms with Crippen molar-refractivity contribution in [2.75, 3.05) is 11.9 Å². The largest absolute Gasteiger partial charge is 0.379 e. The zero-order chi connectivity index (χ0) is 17.9. The number of carbonyl (C=O) groups excluding carboxylic acids is 2. The monoisotopic (exact) mass is 353 g/mol.